The van der Waals surface area contributed by atoms with Crippen LogP contribution in [0.15, 0.2) is 18.3 Å². The number of rotatable bonds is 1. The standard InChI is InChI=1S/C7H8N4O/c8-5-1-2-7-9-6(4-12)10-11(7)3-5/h1-3,12H,4,8H2. The number of nitrogens with two attached hydrogens (primary N) is 1. The molecule has 0 aliphatic carbocycles. The van der Waals surface area contributed by atoms with Gasteiger partial charge < -0.3 is 10.8 Å². The fourth-order valence-electron chi connectivity index (χ4n) is 1.01. The van der Waals surface area contributed by atoms with E-state index in [2.05, 4.69) is 10.1 Å². The highest BCUT2D eigenvalue weighted by Gasteiger charge is 2.00. The van der Waals surface area contributed by atoms with Crippen LogP contribution in [0.3, 0.4) is 0 Å². The fourth-order valence-corrected chi connectivity index (χ4v) is 1.01. The molecule has 0 spiro atoms. The van der Waals surface area contributed by atoms with Crippen molar-refractivity contribution in [1.82, 2.24) is 14.6 Å². The van der Waals surface area contributed by atoms with Gasteiger partial charge in [-0.1, -0.05) is 0 Å². The molecule has 0 radical (unpaired) electrons. The van der Waals surface area contributed by atoms with Gasteiger partial charge in [0.2, 0.25) is 0 Å². The lowest BCUT2D eigenvalue weighted by atomic mass is 10.4. The second kappa shape index (κ2) is 2.46. The Balaban J connectivity index is 2.67. The Kier molecular flexibility index (Phi) is 1.44. The molecular formula is C7H8N4O. The molecular weight excluding hydrogens is 156 g/mol. The fraction of sp³-hybridized carbons (Fsp3) is 0.143. The molecule has 62 valence electrons. The van der Waals surface area contributed by atoms with Crippen molar-refractivity contribution < 1.29 is 5.11 Å². The zero-order valence-corrected chi connectivity index (χ0v) is 6.31. The van der Waals surface area contributed by atoms with Gasteiger partial charge in [0.25, 0.3) is 0 Å². The molecule has 0 saturated heterocycles. The van der Waals surface area contributed by atoms with Gasteiger partial charge in [-0.15, -0.1) is 5.10 Å². The van der Waals surface area contributed by atoms with Crippen molar-refractivity contribution in [3.8, 4) is 0 Å². The molecule has 2 heterocycles. The molecule has 0 fully saturated rings. The Labute approximate surface area is 68.5 Å². The quantitative estimate of drug-likeness (QED) is 0.612. The van der Waals surface area contributed by atoms with E-state index in [1.165, 1.54) is 0 Å². The summed E-state index contributed by atoms with van der Waals surface area (Å²) in [5.74, 6) is 0.403. The first kappa shape index (κ1) is 7.05. The topological polar surface area (TPSA) is 76.4 Å². The summed E-state index contributed by atoms with van der Waals surface area (Å²) in [4.78, 5) is 4.02. The molecule has 0 saturated carbocycles. The van der Waals surface area contributed by atoms with Crippen molar-refractivity contribution in [2.24, 2.45) is 0 Å². The summed E-state index contributed by atoms with van der Waals surface area (Å²) in [7, 11) is 0. The van der Waals surface area contributed by atoms with Gasteiger partial charge in [-0.2, -0.15) is 0 Å². The minimum Gasteiger partial charge on any atom is -0.397 e. The molecule has 0 aliphatic heterocycles. The average molecular weight is 164 g/mol. The van der Waals surface area contributed by atoms with Gasteiger partial charge >= 0.3 is 0 Å². The molecule has 0 atom stereocenters. The SMILES string of the molecule is Nc1ccc2nc(CO)nn2c1. The number of nitrogen functional groups attached to an aromatic ring is 1. The molecule has 0 bridgehead atoms. The zero-order valence-electron chi connectivity index (χ0n) is 6.31. The smallest absolute Gasteiger partial charge is 0.177 e. The molecule has 0 amide bonds. The predicted molar refractivity (Wildman–Crippen MR) is 43.3 cm³/mol. The highest BCUT2D eigenvalue weighted by atomic mass is 16.3. The third-order valence-electron chi connectivity index (χ3n) is 1.54. The van der Waals surface area contributed by atoms with E-state index in [0.717, 1.165) is 0 Å². The molecule has 12 heavy (non-hydrogen) atoms. The molecule has 5 heteroatoms. The van der Waals surface area contributed by atoms with Crippen LogP contribution in [0.5, 0.6) is 0 Å². The van der Waals surface area contributed by atoms with Gasteiger partial charge in [0, 0.05) is 0 Å². The highest BCUT2D eigenvalue weighted by Crippen LogP contribution is 2.05. The maximum absolute atomic E-state index is 8.74. The number of aliphatic hydroxyl groups excluding tert-OH is 1. The maximum atomic E-state index is 8.74. The number of nitrogens with zero attached hydrogens (tertiary/aromatic N) is 3. The van der Waals surface area contributed by atoms with Gasteiger partial charge in [0.05, 0.1) is 11.9 Å². The summed E-state index contributed by atoms with van der Waals surface area (Å²) in [6.45, 7) is -0.151. The summed E-state index contributed by atoms with van der Waals surface area (Å²) in [6, 6.07) is 3.49. The molecule has 0 aromatic carbocycles. The molecule has 0 aliphatic rings. The maximum Gasteiger partial charge on any atom is 0.177 e. The van der Waals surface area contributed by atoms with Gasteiger partial charge in [-0.05, 0) is 12.1 Å². The van der Waals surface area contributed by atoms with Crippen molar-refractivity contribution in [2.75, 3.05) is 5.73 Å². The molecule has 5 nitrogen and oxygen atoms in total. The number of aliphatic hydroxyl groups is 1. The van der Waals surface area contributed by atoms with E-state index in [1.807, 2.05) is 0 Å². The number of anilines is 1. The van der Waals surface area contributed by atoms with Crippen molar-refractivity contribution in [2.45, 2.75) is 6.61 Å². The van der Waals surface area contributed by atoms with E-state index in [1.54, 1.807) is 22.8 Å². The Morgan fingerprint density at radius 2 is 2.33 bits per heavy atom. The van der Waals surface area contributed by atoms with Crippen molar-refractivity contribution in [3.63, 3.8) is 0 Å². The van der Waals surface area contributed by atoms with Crippen LogP contribution < -0.4 is 5.73 Å². The Hall–Kier alpha value is -1.62. The number of pyridine rings is 1. The minimum absolute atomic E-state index is 0.151. The van der Waals surface area contributed by atoms with Crippen LogP contribution in [0.2, 0.25) is 0 Å². The number of aromatic nitrogens is 3. The number of fused-ring (bicyclic) bond motifs is 1. The van der Waals surface area contributed by atoms with Crippen molar-refractivity contribution in [1.29, 1.82) is 0 Å². The third kappa shape index (κ3) is 0.998. The van der Waals surface area contributed by atoms with Gasteiger partial charge in [0.1, 0.15) is 6.61 Å². The molecule has 0 unspecified atom stereocenters. The summed E-state index contributed by atoms with van der Waals surface area (Å²) >= 11 is 0. The highest BCUT2D eigenvalue weighted by molar-refractivity contribution is 5.46. The third-order valence-corrected chi connectivity index (χ3v) is 1.54. The normalized spacial score (nSPS) is 10.8. The Morgan fingerprint density at radius 1 is 1.50 bits per heavy atom. The summed E-state index contributed by atoms with van der Waals surface area (Å²) in [5.41, 5.74) is 6.83. The lowest BCUT2D eigenvalue weighted by Crippen LogP contribution is -1.92. The molecule has 2 aromatic heterocycles. The van der Waals surface area contributed by atoms with E-state index in [-0.39, 0.29) is 6.61 Å². The average Bonchev–Trinajstić information content (AvgIpc) is 2.46. The van der Waals surface area contributed by atoms with Crippen LogP contribution in [-0.2, 0) is 6.61 Å². The summed E-state index contributed by atoms with van der Waals surface area (Å²) < 4.78 is 1.54. The van der Waals surface area contributed by atoms with E-state index in [4.69, 9.17) is 10.8 Å². The lowest BCUT2D eigenvalue weighted by Gasteiger charge is -1.91. The van der Waals surface area contributed by atoms with Gasteiger partial charge in [-0.3, -0.25) is 0 Å². The van der Waals surface area contributed by atoms with Gasteiger partial charge in [-0.25, -0.2) is 9.50 Å². The molecule has 2 rings (SSSR count). The molecule has 3 N–H and O–H groups in total. The Morgan fingerprint density at radius 3 is 3.08 bits per heavy atom. The van der Waals surface area contributed by atoms with E-state index in [9.17, 15) is 0 Å². The first-order valence-electron chi connectivity index (χ1n) is 3.51. The zero-order chi connectivity index (χ0) is 8.55. The summed E-state index contributed by atoms with van der Waals surface area (Å²) in [6.07, 6.45) is 1.65. The predicted octanol–water partition coefficient (Wildman–Crippen LogP) is -0.196. The molecule has 2 aromatic rings. The Bertz CT molecular complexity index is 409. The van der Waals surface area contributed by atoms with Crippen molar-refractivity contribution >= 4 is 11.3 Å². The van der Waals surface area contributed by atoms with Crippen LogP contribution in [0.1, 0.15) is 5.82 Å². The second-order valence-corrected chi connectivity index (χ2v) is 2.45. The second-order valence-electron chi connectivity index (χ2n) is 2.45. The van der Waals surface area contributed by atoms with Crippen LogP contribution in [-0.4, -0.2) is 19.7 Å². The summed E-state index contributed by atoms with van der Waals surface area (Å²) in [5, 5.41) is 12.7. The monoisotopic (exact) mass is 164 g/mol. The van der Waals surface area contributed by atoms with Crippen LogP contribution in [0.4, 0.5) is 5.69 Å². The van der Waals surface area contributed by atoms with E-state index >= 15 is 0 Å². The number of hydrogen-bond donors (Lipinski definition) is 2. The first-order valence-corrected chi connectivity index (χ1v) is 3.51. The van der Waals surface area contributed by atoms with E-state index in [0.29, 0.717) is 17.2 Å². The largest absolute Gasteiger partial charge is 0.397 e. The van der Waals surface area contributed by atoms with Gasteiger partial charge in [0.15, 0.2) is 11.5 Å². The lowest BCUT2D eigenvalue weighted by molar-refractivity contribution is 0.271. The van der Waals surface area contributed by atoms with Crippen LogP contribution >= 0.6 is 0 Å². The van der Waals surface area contributed by atoms with Crippen LogP contribution in [0.25, 0.3) is 5.65 Å². The van der Waals surface area contributed by atoms with Crippen molar-refractivity contribution in [3.05, 3.63) is 24.2 Å². The minimum atomic E-state index is -0.151. The number of hydrogen-bond acceptors (Lipinski definition) is 4. The van der Waals surface area contributed by atoms with E-state index < -0.39 is 0 Å². The first-order chi connectivity index (χ1) is 5.79. The van der Waals surface area contributed by atoms with Crippen LogP contribution in [0, 0.1) is 0 Å².